The molecule has 0 saturated carbocycles. The first-order valence-corrected chi connectivity index (χ1v) is 6.06. The predicted octanol–water partition coefficient (Wildman–Crippen LogP) is 2.55. The highest BCUT2D eigenvalue weighted by Crippen LogP contribution is 2.23. The SMILES string of the molecule is c1ccc(-c2nc([C@@H]3CCCCN3)no2)cc1. The molecule has 4 nitrogen and oxygen atoms in total. The molecular weight excluding hydrogens is 214 g/mol. The first-order chi connectivity index (χ1) is 8.43. The number of aromatic nitrogens is 2. The summed E-state index contributed by atoms with van der Waals surface area (Å²) < 4.78 is 5.30. The van der Waals surface area contributed by atoms with Crippen molar-refractivity contribution in [2.75, 3.05) is 6.54 Å². The maximum absolute atomic E-state index is 5.30. The van der Waals surface area contributed by atoms with Gasteiger partial charge in [-0.05, 0) is 31.5 Å². The van der Waals surface area contributed by atoms with Crippen LogP contribution in [-0.4, -0.2) is 16.7 Å². The van der Waals surface area contributed by atoms with Crippen LogP contribution >= 0.6 is 0 Å². The molecule has 1 saturated heterocycles. The molecular formula is C13H15N3O. The van der Waals surface area contributed by atoms with Crippen LogP contribution in [0.15, 0.2) is 34.9 Å². The molecule has 1 aromatic heterocycles. The van der Waals surface area contributed by atoms with Crippen molar-refractivity contribution in [3.63, 3.8) is 0 Å². The third-order valence-electron chi connectivity index (χ3n) is 3.08. The topological polar surface area (TPSA) is 51.0 Å². The van der Waals surface area contributed by atoms with Crippen molar-refractivity contribution in [1.82, 2.24) is 15.5 Å². The first kappa shape index (κ1) is 10.5. The molecule has 1 fully saturated rings. The van der Waals surface area contributed by atoms with E-state index in [2.05, 4.69) is 15.5 Å². The minimum Gasteiger partial charge on any atom is -0.334 e. The Morgan fingerprint density at radius 1 is 1.18 bits per heavy atom. The summed E-state index contributed by atoms with van der Waals surface area (Å²) in [6.07, 6.45) is 3.56. The maximum Gasteiger partial charge on any atom is 0.257 e. The van der Waals surface area contributed by atoms with Crippen molar-refractivity contribution in [3.8, 4) is 11.5 Å². The zero-order valence-electron chi connectivity index (χ0n) is 9.60. The summed E-state index contributed by atoms with van der Waals surface area (Å²) in [5, 5.41) is 7.48. The Kier molecular flexibility index (Phi) is 2.88. The third kappa shape index (κ3) is 2.22. The van der Waals surface area contributed by atoms with E-state index in [1.165, 1.54) is 12.8 Å². The second-order valence-electron chi connectivity index (χ2n) is 4.33. The van der Waals surface area contributed by atoms with E-state index in [0.29, 0.717) is 5.89 Å². The first-order valence-electron chi connectivity index (χ1n) is 6.06. The molecule has 0 radical (unpaired) electrons. The highest BCUT2D eigenvalue weighted by molar-refractivity contribution is 5.52. The van der Waals surface area contributed by atoms with E-state index < -0.39 is 0 Å². The highest BCUT2D eigenvalue weighted by atomic mass is 16.5. The van der Waals surface area contributed by atoms with Crippen LogP contribution < -0.4 is 5.32 Å². The van der Waals surface area contributed by atoms with E-state index in [1.807, 2.05) is 30.3 Å². The molecule has 4 heteroatoms. The molecule has 0 bridgehead atoms. The Morgan fingerprint density at radius 2 is 2.06 bits per heavy atom. The minimum atomic E-state index is 0.255. The number of benzene rings is 1. The predicted molar refractivity (Wildman–Crippen MR) is 64.3 cm³/mol. The average Bonchev–Trinajstić information content (AvgIpc) is 2.90. The molecule has 3 rings (SSSR count). The van der Waals surface area contributed by atoms with Gasteiger partial charge in [-0.15, -0.1) is 0 Å². The van der Waals surface area contributed by atoms with Crippen molar-refractivity contribution >= 4 is 0 Å². The number of nitrogens with one attached hydrogen (secondary N) is 1. The Bertz CT molecular complexity index is 474. The standard InChI is InChI=1S/C13H15N3O/c1-2-6-10(7-3-1)13-15-12(16-17-13)11-8-4-5-9-14-11/h1-3,6-7,11,14H,4-5,8-9H2/t11-/m0/s1. The van der Waals surface area contributed by atoms with Gasteiger partial charge >= 0.3 is 0 Å². The van der Waals surface area contributed by atoms with Gasteiger partial charge in [-0.25, -0.2) is 0 Å². The molecule has 2 aromatic rings. The van der Waals surface area contributed by atoms with E-state index in [4.69, 9.17) is 4.52 Å². The molecule has 1 aliphatic heterocycles. The van der Waals surface area contributed by atoms with Crippen LogP contribution in [0.2, 0.25) is 0 Å². The molecule has 1 aromatic carbocycles. The molecule has 2 heterocycles. The fraction of sp³-hybridized carbons (Fsp3) is 0.385. The Hall–Kier alpha value is -1.68. The van der Waals surface area contributed by atoms with E-state index >= 15 is 0 Å². The molecule has 0 amide bonds. The largest absolute Gasteiger partial charge is 0.334 e. The van der Waals surface area contributed by atoms with Crippen LogP contribution in [0, 0.1) is 0 Å². The van der Waals surface area contributed by atoms with Crippen LogP contribution in [0.4, 0.5) is 0 Å². The summed E-state index contributed by atoms with van der Waals surface area (Å²) in [5.41, 5.74) is 0.974. The van der Waals surface area contributed by atoms with E-state index in [9.17, 15) is 0 Å². The van der Waals surface area contributed by atoms with Crippen LogP contribution in [0.1, 0.15) is 31.1 Å². The maximum atomic E-state index is 5.30. The third-order valence-corrected chi connectivity index (χ3v) is 3.08. The van der Waals surface area contributed by atoms with Crippen molar-refractivity contribution in [2.24, 2.45) is 0 Å². The molecule has 1 N–H and O–H groups in total. The Balaban J connectivity index is 1.83. The quantitative estimate of drug-likeness (QED) is 0.859. The van der Waals surface area contributed by atoms with E-state index in [-0.39, 0.29) is 6.04 Å². The minimum absolute atomic E-state index is 0.255. The van der Waals surface area contributed by atoms with Gasteiger partial charge in [0.15, 0.2) is 5.82 Å². The lowest BCUT2D eigenvalue weighted by Crippen LogP contribution is -2.27. The fourth-order valence-corrected chi connectivity index (χ4v) is 2.15. The van der Waals surface area contributed by atoms with Crippen molar-refractivity contribution in [2.45, 2.75) is 25.3 Å². The molecule has 0 unspecified atom stereocenters. The second-order valence-corrected chi connectivity index (χ2v) is 4.33. The summed E-state index contributed by atoms with van der Waals surface area (Å²) in [7, 11) is 0. The number of hydrogen-bond acceptors (Lipinski definition) is 4. The molecule has 0 spiro atoms. The molecule has 1 atom stereocenters. The second kappa shape index (κ2) is 4.67. The fourth-order valence-electron chi connectivity index (χ4n) is 2.15. The number of nitrogens with zero attached hydrogens (tertiary/aromatic N) is 2. The normalized spacial score (nSPS) is 20.4. The van der Waals surface area contributed by atoms with Gasteiger partial charge in [0.1, 0.15) is 0 Å². The van der Waals surface area contributed by atoms with Crippen molar-refractivity contribution < 1.29 is 4.52 Å². The number of hydrogen-bond donors (Lipinski definition) is 1. The summed E-state index contributed by atoms with van der Waals surface area (Å²) in [6, 6.07) is 10.1. The molecule has 88 valence electrons. The van der Waals surface area contributed by atoms with Gasteiger partial charge < -0.3 is 9.84 Å². The molecule has 0 aliphatic carbocycles. The number of piperidine rings is 1. The van der Waals surface area contributed by atoms with Crippen LogP contribution in [0.25, 0.3) is 11.5 Å². The van der Waals surface area contributed by atoms with Gasteiger partial charge in [0.25, 0.3) is 5.89 Å². The van der Waals surface area contributed by atoms with Crippen LogP contribution in [-0.2, 0) is 0 Å². The lowest BCUT2D eigenvalue weighted by atomic mass is 10.0. The van der Waals surface area contributed by atoms with E-state index in [0.717, 1.165) is 24.4 Å². The average molecular weight is 229 g/mol. The Morgan fingerprint density at radius 3 is 2.82 bits per heavy atom. The molecule has 17 heavy (non-hydrogen) atoms. The van der Waals surface area contributed by atoms with Gasteiger partial charge in [-0.1, -0.05) is 29.8 Å². The summed E-state index contributed by atoms with van der Waals surface area (Å²) in [4.78, 5) is 4.46. The highest BCUT2D eigenvalue weighted by Gasteiger charge is 2.20. The van der Waals surface area contributed by atoms with Gasteiger partial charge in [0, 0.05) is 5.56 Å². The summed E-state index contributed by atoms with van der Waals surface area (Å²) >= 11 is 0. The zero-order valence-corrected chi connectivity index (χ0v) is 9.60. The van der Waals surface area contributed by atoms with Crippen molar-refractivity contribution in [1.29, 1.82) is 0 Å². The zero-order chi connectivity index (χ0) is 11.5. The molecule has 1 aliphatic rings. The van der Waals surface area contributed by atoms with E-state index in [1.54, 1.807) is 0 Å². The number of rotatable bonds is 2. The van der Waals surface area contributed by atoms with Gasteiger partial charge in [0.05, 0.1) is 6.04 Å². The summed E-state index contributed by atoms with van der Waals surface area (Å²) in [5.74, 6) is 1.39. The lowest BCUT2D eigenvalue weighted by molar-refractivity contribution is 0.367. The van der Waals surface area contributed by atoms with Gasteiger partial charge in [-0.2, -0.15) is 4.98 Å². The Labute approximate surface area is 100 Å². The lowest BCUT2D eigenvalue weighted by Gasteiger charge is -2.19. The smallest absolute Gasteiger partial charge is 0.257 e. The van der Waals surface area contributed by atoms with Crippen LogP contribution in [0.5, 0.6) is 0 Å². The van der Waals surface area contributed by atoms with Crippen LogP contribution in [0.3, 0.4) is 0 Å². The van der Waals surface area contributed by atoms with Gasteiger partial charge in [-0.3, -0.25) is 0 Å². The van der Waals surface area contributed by atoms with Crippen molar-refractivity contribution in [3.05, 3.63) is 36.2 Å². The monoisotopic (exact) mass is 229 g/mol. The van der Waals surface area contributed by atoms with Gasteiger partial charge in [0.2, 0.25) is 0 Å². The summed E-state index contributed by atoms with van der Waals surface area (Å²) in [6.45, 7) is 1.04.